The van der Waals surface area contributed by atoms with Crippen molar-refractivity contribution >= 4 is 18.5 Å². The maximum absolute atomic E-state index is 9.00. The smallest absolute Gasteiger partial charge is 0.321 e. The lowest BCUT2D eigenvalue weighted by Gasteiger charge is -2.34. The van der Waals surface area contributed by atoms with Crippen molar-refractivity contribution in [3.8, 4) is 0 Å². The molecule has 0 spiro atoms. The van der Waals surface area contributed by atoms with E-state index in [1.807, 2.05) is 32.8 Å². The maximum Gasteiger partial charge on any atom is 0.321 e. The highest BCUT2D eigenvalue weighted by atomic mass is 32.5. The van der Waals surface area contributed by atoms with Crippen molar-refractivity contribution in [2.75, 3.05) is 33.8 Å². The van der Waals surface area contributed by atoms with Gasteiger partial charge in [-0.25, -0.2) is 0 Å². The second-order valence-electron chi connectivity index (χ2n) is 3.45. The van der Waals surface area contributed by atoms with Gasteiger partial charge >= 0.3 is 6.72 Å². The van der Waals surface area contributed by atoms with E-state index in [9.17, 15) is 0 Å². The zero-order chi connectivity index (χ0) is 12.1. The van der Waals surface area contributed by atoms with Crippen molar-refractivity contribution in [1.82, 2.24) is 9.80 Å². The molecule has 92 valence electrons. The van der Waals surface area contributed by atoms with Crippen molar-refractivity contribution in [2.45, 2.75) is 20.0 Å². The fraction of sp³-hybridized carbons (Fsp3) is 1.00. The second kappa shape index (κ2) is 6.91. The van der Waals surface area contributed by atoms with Gasteiger partial charge in [0.05, 0.1) is 12.8 Å². The molecule has 0 aromatic heterocycles. The summed E-state index contributed by atoms with van der Waals surface area (Å²) in [6.07, 6.45) is 0.0154. The van der Waals surface area contributed by atoms with E-state index >= 15 is 0 Å². The van der Waals surface area contributed by atoms with Gasteiger partial charge in [0.2, 0.25) is 0 Å². The van der Waals surface area contributed by atoms with Crippen molar-refractivity contribution in [2.24, 2.45) is 0 Å². The molecule has 1 atom stereocenters. The zero-order valence-electron chi connectivity index (χ0n) is 9.75. The van der Waals surface area contributed by atoms with Crippen molar-refractivity contribution in [3.63, 3.8) is 0 Å². The Labute approximate surface area is 96.9 Å². The minimum atomic E-state index is -3.54. The van der Waals surface area contributed by atoms with E-state index in [4.69, 9.17) is 14.3 Å². The van der Waals surface area contributed by atoms with Crippen molar-refractivity contribution < 1.29 is 14.3 Å². The van der Waals surface area contributed by atoms with Gasteiger partial charge in [-0.1, -0.05) is 13.8 Å². The Bertz CT molecular complexity index is 218. The minimum Gasteiger partial charge on any atom is -0.325 e. The van der Waals surface area contributed by atoms with E-state index in [0.29, 0.717) is 0 Å². The highest BCUT2D eigenvalue weighted by Gasteiger charge is 2.21. The molecule has 0 bridgehead atoms. The highest BCUT2D eigenvalue weighted by Crippen LogP contribution is 2.36. The first-order chi connectivity index (χ1) is 6.81. The van der Waals surface area contributed by atoms with Gasteiger partial charge < -0.3 is 14.3 Å². The average Bonchev–Trinajstić information content (AvgIpc) is 2.09. The summed E-state index contributed by atoms with van der Waals surface area (Å²) in [5.41, 5.74) is 0. The van der Waals surface area contributed by atoms with Gasteiger partial charge in [-0.15, -0.1) is 0 Å². The summed E-state index contributed by atoms with van der Waals surface area (Å²) in [6, 6.07) is 0. The molecule has 0 saturated heterocycles. The fourth-order valence-corrected chi connectivity index (χ4v) is 1.90. The third-order valence-electron chi connectivity index (χ3n) is 2.22. The van der Waals surface area contributed by atoms with Gasteiger partial charge in [0.15, 0.2) is 0 Å². The summed E-state index contributed by atoms with van der Waals surface area (Å²) in [5, 5.41) is 0. The molecule has 0 amide bonds. The van der Waals surface area contributed by atoms with Crippen LogP contribution in [0.4, 0.5) is 0 Å². The van der Waals surface area contributed by atoms with E-state index < -0.39 is 6.72 Å². The molecule has 2 N–H and O–H groups in total. The van der Waals surface area contributed by atoms with Crippen LogP contribution in [-0.2, 0) is 16.3 Å². The summed E-state index contributed by atoms with van der Waals surface area (Å²) in [7, 11) is 3.84. The van der Waals surface area contributed by atoms with Gasteiger partial charge in [0, 0.05) is 0 Å². The van der Waals surface area contributed by atoms with Gasteiger partial charge in [-0.05, 0) is 39.0 Å². The summed E-state index contributed by atoms with van der Waals surface area (Å²) < 4.78 is 4.89. The lowest BCUT2D eigenvalue weighted by Crippen LogP contribution is -2.47. The van der Waals surface area contributed by atoms with Crippen LogP contribution in [0.2, 0.25) is 0 Å². The molecule has 15 heavy (non-hydrogen) atoms. The molecule has 0 radical (unpaired) electrons. The standard InChI is InChI=1S/C8H21N2O3PS/c1-5-10(6-2)8(9(3)4)7-13-14(11,12)15/h8H,5-7H2,1-4H3,(H2,11,12,15). The zero-order valence-corrected chi connectivity index (χ0v) is 11.5. The molecule has 0 saturated carbocycles. The molecular formula is C8H21N2O3PS. The Morgan fingerprint density at radius 3 is 2.00 bits per heavy atom. The largest absolute Gasteiger partial charge is 0.325 e. The number of likely N-dealkylation sites (N-methyl/N-ethyl adjacent to an activating group) is 2. The average molecular weight is 256 g/mol. The Morgan fingerprint density at radius 2 is 1.73 bits per heavy atom. The molecule has 0 aliphatic heterocycles. The van der Waals surface area contributed by atoms with E-state index in [-0.39, 0.29) is 12.8 Å². The molecule has 0 aliphatic rings. The maximum atomic E-state index is 9.00. The number of hydrogen-bond acceptors (Lipinski definition) is 4. The molecule has 0 heterocycles. The van der Waals surface area contributed by atoms with E-state index in [2.05, 4.69) is 16.7 Å². The first kappa shape index (κ1) is 15.4. The lowest BCUT2D eigenvalue weighted by atomic mass is 10.4. The number of hydrogen-bond donors (Lipinski definition) is 2. The molecule has 0 fully saturated rings. The third-order valence-corrected chi connectivity index (χ3v) is 3.02. The van der Waals surface area contributed by atoms with E-state index in [1.54, 1.807) is 0 Å². The minimum absolute atomic E-state index is 0.0154. The first-order valence-corrected chi connectivity index (χ1v) is 7.55. The summed E-state index contributed by atoms with van der Waals surface area (Å²) in [4.78, 5) is 22.1. The second-order valence-corrected chi connectivity index (χ2v) is 6.12. The number of rotatable bonds is 7. The van der Waals surface area contributed by atoms with Crippen LogP contribution in [0, 0.1) is 0 Å². The predicted octanol–water partition coefficient (Wildman–Crippen LogP) is 0.442. The van der Waals surface area contributed by atoms with E-state index in [1.165, 1.54) is 0 Å². The quantitative estimate of drug-likeness (QED) is 0.509. The summed E-state index contributed by atoms with van der Waals surface area (Å²) in [6.45, 7) is 2.52. The Morgan fingerprint density at radius 1 is 1.27 bits per heavy atom. The molecule has 0 aliphatic carbocycles. The third kappa shape index (κ3) is 6.58. The summed E-state index contributed by atoms with van der Waals surface area (Å²) >= 11 is 4.41. The van der Waals surface area contributed by atoms with Crippen molar-refractivity contribution in [1.29, 1.82) is 0 Å². The molecule has 7 heteroatoms. The SMILES string of the molecule is CCN(CC)C(COP(O)(O)=S)N(C)C. The molecular weight excluding hydrogens is 235 g/mol. The number of nitrogens with zero attached hydrogens (tertiary/aromatic N) is 2. The predicted molar refractivity (Wildman–Crippen MR) is 65.1 cm³/mol. The van der Waals surface area contributed by atoms with Gasteiger partial charge in [0.1, 0.15) is 0 Å². The molecule has 5 nitrogen and oxygen atoms in total. The lowest BCUT2D eigenvalue weighted by molar-refractivity contribution is 0.0412. The Hall–Kier alpha value is 0.450. The van der Waals surface area contributed by atoms with Crippen LogP contribution in [0.15, 0.2) is 0 Å². The van der Waals surface area contributed by atoms with Crippen LogP contribution < -0.4 is 0 Å². The fourth-order valence-electron chi connectivity index (χ4n) is 1.39. The van der Waals surface area contributed by atoms with Crippen LogP contribution in [0.1, 0.15) is 13.8 Å². The highest BCUT2D eigenvalue weighted by molar-refractivity contribution is 8.06. The topological polar surface area (TPSA) is 56.2 Å². The first-order valence-electron chi connectivity index (χ1n) is 4.92. The monoisotopic (exact) mass is 256 g/mol. The molecule has 0 rings (SSSR count). The summed E-state index contributed by atoms with van der Waals surface area (Å²) in [5.74, 6) is 0. The van der Waals surface area contributed by atoms with Gasteiger partial charge in [-0.2, -0.15) is 0 Å². The Kier molecular flexibility index (Phi) is 7.12. The van der Waals surface area contributed by atoms with E-state index in [0.717, 1.165) is 13.1 Å². The van der Waals surface area contributed by atoms with Crippen molar-refractivity contribution in [3.05, 3.63) is 0 Å². The van der Waals surface area contributed by atoms with Gasteiger partial charge in [-0.3, -0.25) is 9.80 Å². The normalized spacial score (nSPS) is 14.9. The molecule has 1 unspecified atom stereocenters. The van der Waals surface area contributed by atoms with Crippen LogP contribution in [0.3, 0.4) is 0 Å². The van der Waals surface area contributed by atoms with Crippen LogP contribution in [-0.4, -0.2) is 59.5 Å². The molecule has 0 aromatic rings. The van der Waals surface area contributed by atoms with Crippen LogP contribution in [0.25, 0.3) is 0 Å². The molecule has 0 aromatic carbocycles. The van der Waals surface area contributed by atoms with Gasteiger partial charge in [0.25, 0.3) is 0 Å². The van der Waals surface area contributed by atoms with Crippen LogP contribution in [0.5, 0.6) is 0 Å². The van der Waals surface area contributed by atoms with Crippen LogP contribution >= 0.6 is 6.72 Å². The Balaban J connectivity index is 4.34.